The summed E-state index contributed by atoms with van der Waals surface area (Å²) in [7, 11) is 3.03. The van der Waals surface area contributed by atoms with Gasteiger partial charge in [0, 0.05) is 13.6 Å². The van der Waals surface area contributed by atoms with Crippen LogP contribution in [0.15, 0.2) is 30.3 Å². The third-order valence-corrected chi connectivity index (χ3v) is 2.25. The van der Waals surface area contributed by atoms with E-state index < -0.39 is 0 Å². The number of likely N-dealkylation sites (N-methyl/N-ethyl adjacent to an activating group) is 1. The number of nitrogens with two attached hydrogens (primary N) is 1. The molecular weight excluding hydrogens is 206 g/mol. The van der Waals surface area contributed by atoms with Crippen molar-refractivity contribution in [2.24, 2.45) is 5.84 Å². The van der Waals surface area contributed by atoms with Crippen LogP contribution in [-0.4, -0.2) is 38.2 Å². The zero-order valence-electron chi connectivity index (χ0n) is 9.59. The summed E-state index contributed by atoms with van der Waals surface area (Å²) >= 11 is 0. The third-order valence-electron chi connectivity index (χ3n) is 2.25. The molecule has 0 heterocycles. The molecule has 0 unspecified atom stereocenters. The second kappa shape index (κ2) is 5.97. The molecule has 0 radical (unpaired) electrons. The first-order valence-electron chi connectivity index (χ1n) is 5.01. The van der Waals surface area contributed by atoms with Crippen LogP contribution in [0.4, 0.5) is 10.5 Å². The molecule has 1 aromatic carbocycles. The predicted octanol–water partition coefficient (Wildman–Crippen LogP) is 1.06. The number of para-hydroxylation sites is 1. The average Bonchev–Trinajstić information content (AvgIpc) is 2.35. The van der Waals surface area contributed by atoms with E-state index in [0.29, 0.717) is 13.1 Å². The number of nitrogens with zero attached hydrogens (tertiary/aromatic N) is 2. The van der Waals surface area contributed by atoms with E-state index in [1.807, 2.05) is 30.3 Å². The fourth-order valence-electron chi connectivity index (χ4n) is 1.25. The van der Waals surface area contributed by atoms with Gasteiger partial charge in [0.05, 0.1) is 19.3 Å². The number of anilines is 1. The second-order valence-electron chi connectivity index (χ2n) is 3.42. The van der Waals surface area contributed by atoms with E-state index in [9.17, 15) is 4.79 Å². The van der Waals surface area contributed by atoms with Crippen molar-refractivity contribution in [3.8, 4) is 0 Å². The van der Waals surface area contributed by atoms with E-state index >= 15 is 0 Å². The first-order chi connectivity index (χ1) is 7.65. The summed E-state index contributed by atoms with van der Waals surface area (Å²) in [5.41, 5.74) is 0.917. The summed E-state index contributed by atoms with van der Waals surface area (Å²) in [6, 6.07) is 9.59. The highest BCUT2D eigenvalue weighted by atomic mass is 16.5. The Labute approximate surface area is 95.4 Å². The van der Waals surface area contributed by atoms with Crippen molar-refractivity contribution in [2.75, 3.05) is 32.3 Å². The van der Waals surface area contributed by atoms with Crippen molar-refractivity contribution in [2.45, 2.75) is 0 Å². The van der Waals surface area contributed by atoms with Gasteiger partial charge in [-0.3, -0.25) is 0 Å². The zero-order chi connectivity index (χ0) is 12.0. The fourth-order valence-corrected chi connectivity index (χ4v) is 1.25. The molecular formula is C11H17N3O2. The van der Waals surface area contributed by atoms with Crippen molar-refractivity contribution in [1.82, 2.24) is 4.90 Å². The maximum absolute atomic E-state index is 11.1. The van der Waals surface area contributed by atoms with Gasteiger partial charge in [-0.05, 0) is 12.1 Å². The fraction of sp³-hybridized carbons (Fsp3) is 0.364. The van der Waals surface area contributed by atoms with Crippen LogP contribution in [0.25, 0.3) is 0 Å². The van der Waals surface area contributed by atoms with Crippen molar-refractivity contribution in [3.05, 3.63) is 30.3 Å². The Balaban J connectivity index is 2.41. The van der Waals surface area contributed by atoms with Crippen LogP contribution >= 0.6 is 0 Å². The summed E-state index contributed by atoms with van der Waals surface area (Å²) in [6.07, 6.45) is -0.360. The number of methoxy groups -OCH3 is 1. The molecule has 0 bridgehead atoms. The van der Waals surface area contributed by atoms with Gasteiger partial charge in [-0.25, -0.2) is 10.6 Å². The highest BCUT2D eigenvalue weighted by Gasteiger charge is 2.09. The number of hydrogen-bond donors (Lipinski definition) is 1. The lowest BCUT2D eigenvalue weighted by atomic mass is 10.3. The van der Waals surface area contributed by atoms with Gasteiger partial charge in [0.25, 0.3) is 0 Å². The van der Waals surface area contributed by atoms with Crippen molar-refractivity contribution in [3.63, 3.8) is 0 Å². The highest BCUT2D eigenvalue weighted by molar-refractivity contribution is 5.67. The van der Waals surface area contributed by atoms with Crippen LogP contribution in [0, 0.1) is 0 Å². The lowest BCUT2D eigenvalue weighted by Crippen LogP contribution is -2.39. The number of amides is 1. The Morgan fingerprint density at radius 2 is 1.94 bits per heavy atom. The molecule has 0 aliphatic carbocycles. The number of benzene rings is 1. The van der Waals surface area contributed by atoms with Gasteiger partial charge in [-0.1, -0.05) is 18.2 Å². The first kappa shape index (κ1) is 12.3. The number of hydrogen-bond acceptors (Lipinski definition) is 4. The van der Waals surface area contributed by atoms with Crippen molar-refractivity contribution in [1.29, 1.82) is 0 Å². The molecule has 0 aliphatic rings. The number of hydrazine groups is 1. The predicted molar refractivity (Wildman–Crippen MR) is 63.0 cm³/mol. The number of rotatable bonds is 4. The van der Waals surface area contributed by atoms with E-state index in [2.05, 4.69) is 4.74 Å². The first-order valence-corrected chi connectivity index (χ1v) is 5.01. The SMILES string of the molecule is COC(=O)N(C)CCN(N)c1ccccc1. The molecule has 0 saturated heterocycles. The van der Waals surface area contributed by atoms with Gasteiger partial charge in [0.1, 0.15) is 0 Å². The maximum atomic E-state index is 11.1. The van der Waals surface area contributed by atoms with E-state index in [-0.39, 0.29) is 6.09 Å². The summed E-state index contributed by atoms with van der Waals surface area (Å²) < 4.78 is 4.58. The topological polar surface area (TPSA) is 58.8 Å². The molecule has 5 heteroatoms. The Morgan fingerprint density at radius 3 is 2.50 bits per heavy atom. The molecule has 1 aromatic rings. The minimum absolute atomic E-state index is 0.360. The molecule has 88 valence electrons. The Kier molecular flexibility index (Phi) is 4.60. The second-order valence-corrected chi connectivity index (χ2v) is 3.42. The quantitative estimate of drug-likeness (QED) is 0.612. The summed E-state index contributed by atoms with van der Waals surface area (Å²) in [5, 5.41) is 1.60. The van der Waals surface area contributed by atoms with Gasteiger partial charge >= 0.3 is 6.09 Å². The molecule has 0 aliphatic heterocycles. The number of ether oxygens (including phenoxy) is 1. The van der Waals surface area contributed by atoms with Gasteiger partial charge in [-0.2, -0.15) is 0 Å². The van der Waals surface area contributed by atoms with E-state index in [0.717, 1.165) is 5.69 Å². The molecule has 2 N–H and O–H groups in total. The maximum Gasteiger partial charge on any atom is 0.409 e. The van der Waals surface area contributed by atoms with E-state index in [4.69, 9.17) is 5.84 Å². The number of carbonyl (C=O) groups is 1. The van der Waals surface area contributed by atoms with Crippen LogP contribution in [-0.2, 0) is 4.74 Å². The van der Waals surface area contributed by atoms with Gasteiger partial charge < -0.3 is 14.6 Å². The van der Waals surface area contributed by atoms with Crippen LogP contribution in [0.3, 0.4) is 0 Å². The van der Waals surface area contributed by atoms with Crippen molar-refractivity contribution < 1.29 is 9.53 Å². The lowest BCUT2D eigenvalue weighted by Gasteiger charge is -2.22. The average molecular weight is 223 g/mol. The molecule has 0 fully saturated rings. The molecule has 1 rings (SSSR count). The van der Waals surface area contributed by atoms with E-state index in [1.54, 1.807) is 12.1 Å². The Bertz CT molecular complexity index is 329. The van der Waals surface area contributed by atoms with Gasteiger partial charge in [0.15, 0.2) is 0 Å². The standard InChI is InChI=1S/C11H17N3O2/c1-13(11(15)16-2)8-9-14(12)10-6-4-3-5-7-10/h3-7H,8-9,12H2,1-2H3. The van der Waals surface area contributed by atoms with Crippen molar-refractivity contribution >= 4 is 11.8 Å². The van der Waals surface area contributed by atoms with Gasteiger partial charge in [-0.15, -0.1) is 0 Å². The van der Waals surface area contributed by atoms with Crippen LogP contribution < -0.4 is 10.9 Å². The Hall–Kier alpha value is -1.75. The summed E-state index contributed by atoms with van der Waals surface area (Å²) in [5.74, 6) is 5.84. The van der Waals surface area contributed by atoms with Crippen LogP contribution in [0.1, 0.15) is 0 Å². The molecule has 0 spiro atoms. The smallest absolute Gasteiger partial charge is 0.409 e. The summed E-state index contributed by atoms with van der Waals surface area (Å²) in [6.45, 7) is 1.06. The highest BCUT2D eigenvalue weighted by Crippen LogP contribution is 2.08. The minimum atomic E-state index is -0.360. The molecule has 1 amide bonds. The minimum Gasteiger partial charge on any atom is -0.453 e. The van der Waals surface area contributed by atoms with Gasteiger partial charge in [0.2, 0.25) is 0 Å². The lowest BCUT2D eigenvalue weighted by molar-refractivity contribution is 0.134. The number of carbonyl (C=O) groups excluding carboxylic acids is 1. The van der Waals surface area contributed by atoms with Crippen LogP contribution in [0.2, 0.25) is 0 Å². The monoisotopic (exact) mass is 223 g/mol. The summed E-state index contributed by atoms with van der Waals surface area (Å²) in [4.78, 5) is 12.6. The molecule has 0 atom stereocenters. The molecule has 5 nitrogen and oxygen atoms in total. The molecule has 0 saturated carbocycles. The van der Waals surface area contributed by atoms with Crippen LogP contribution in [0.5, 0.6) is 0 Å². The Morgan fingerprint density at radius 1 is 1.31 bits per heavy atom. The zero-order valence-corrected chi connectivity index (χ0v) is 9.59. The largest absolute Gasteiger partial charge is 0.453 e. The third kappa shape index (κ3) is 3.43. The molecule has 16 heavy (non-hydrogen) atoms. The van der Waals surface area contributed by atoms with E-state index in [1.165, 1.54) is 12.0 Å². The molecule has 0 aromatic heterocycles. The normalized spacial score (nSPS) is 9.69.